The van der Waals surface area contributed by atoms with Crippen LogP contribution in [0.3, 0.4) is 0 Å². The molecule has 0 amide bonds. The van der Waals surface area contributed by atoms with E-state index in [-0.39, 0.29) is 16.3 Å². The molecule has 2 aromatic heterocycles. The summed E-state index contributed by atoms with van der Waals surface area (Å²) >= 11 is 1.04. The zero-order valence-electron chi connectivity index (χ0n) is 11.7. The van der Waals surface area contributed by atoms with Crippen LogP contribution in [-0.2, 0) is 28.4 Å². The number of nitrogens with zero attached hydrogens (tertiary/aromatic N) is 3. The van der Waals surface area contributed by atoms with Gasteiger partial charge in [0.25, 0.3) is 0 Å². The predicted octanol–water partition coefficient (Wildman–Crippen LogP) is 0.450. The Hall–Kier alpha value is -1.78. The third-order valence-electron chi connectivity index (χ3n) is 2.78. The van der Waals surface area contributed by atoms with Gasteiger partial charge in [0.05, 0.1) is 13.7 Å². The molecule has 1 N–H and O–H groups in total. The summed E-state index contributed by atoms with van der Waals surface area (Å²) in [7, 11) is -0.931. The summed E-state index contributed by atoms with van der Waals surface area (Å²) in [6, 6.07) is 0. The minimum atomic E-state index is -3.85. The topological polar surface area (TPSA) is 103 Å². The van der Waals surface area contributed by atoms with Crippen molar-refractivity contribution in [2.75, 3.05) is 7.11 Å². The molecule has 0 unspecified atom stereocenters. The van der Waals surface area contributed by atoms with Gasteiger partial charge in [0, 0.05) is 7.05 Å². The smallest absolute Gasteiger partial charge is 0.349 e. The molecule has 0 aliphatic heterocycles. The molecule has 0 saturated carbocycles. The van der Waals surface area contributed by atoms with Gasteiger partial charge in [-0.15, -0.1) is 21.5 Å². The highest BCUT2D eigenvalue weighted by Gasteiger charge is 2.27. The van der Waals surface area contributed by atoms with E-state index in [2.05, 4.69) is 19.7 Å². The summed E-state index contributed by atoms with van der Waals surface area (Å²) in [5, 5.41) is 9.06. The van der Waals surface area contributed by atoms with E-state index in [1.807, 2.05) is 0 Å². The molecule has 0 fully saturated rings. The molecule has 0 spiro atoms. The van der Waals surface area contributed by atoms with Crippen molar-refractivity contribution < 1.29 is 17.9 Å². The Morgan fingerprint density at radius 3 is 2.81 bits per heavy atom. The average Bonchev–Trinajstić information content (AvgIpc) is 3.02. The maximum absolute atomic E-state index is 12.4. The molecule has 2 heterocycles. The number of aromatic nitrogens is 3. The first-order chi connectivity index (χ1) is 9.86. The van der Waals surface area contributed by atoms with Gasteiger partial charge in [-0.05, 0) is 17.9 Å². The van der Waals surface area contributed by atoms with Crippen LogP contribution in [0.15, 0.2) is 16.6 Å². The molecule has 21 heavy (non-hydrogen) atoms. The predicted molar refractivity (Wildman–Crippen MR) is 75.4 cm³/mol. The van der Waals surface area contributed by atoms with E-state index in [0.29, 0.717) is 11.4 Å². The summed E-state index contributed by atoms with van der Waals surface area (Å²) in [6.07, 6.45) is 1.47. The van der Waals surface area contributed by atoms with Crippen molar-refractivity contribution in [3.8, 4) is 0 Å². The van der Waals surface area contributed by atoms with E-state index in [4.69, 9.17) is 0 Å². The number of esters is 1. The number of sulfonamides is 1. The van der Waals surface area contributed by atoms with Gasteiger partial charge in [-0.3, -0.25) is 0 Å². The quantitative estimate of drug-likeness (QED) is 0.798. The molecular formula is C11H14N4O4S2. The molecule has 0 radical (unpaired) electrons. The first kappa shape index (κ1) is 15.6. The molecule has 2 rings (SSSR count). The summed E-state index contributed by atoms with van der Waals surface area (Å²) < 4.78 is 33.4. The monoisotopic (exact) mass is 330 g/mol. The first-order valence-electron chi connectivity index (χ1n) is 5.85. The van der Waals surface area contributed by atoms with Crippen molar-refractivity contribution in [1.82, 2.24) is 19.5 Å². The van der Waals surface area contributed by atoms with Crippen molar-refractivity contribution in [1.29, 1.82) is 0 Å². The number of nitrogens with one attached hydrogen (secondary N) is 1. The number of methoxy groups -OCH3 is 1. The van der Waals surface area contributed by atoms with Crippen LogP contribution in [0.1, 0.15) is 21.1 Å². The fourth-order valence-electron chi connectivity index (χ4n) is 1.70. The van der Waals surface area contributed by atoms with E-state index < -0.39 is 16.0 Å². The molecular weight excluding hydrogens is 316 g/mol. The Labute approximate surface area is 125 Å². The summed E-state index contributed by atoms with van der Waals surface area (Å²) in [6.45, 7) is 1.61. The molecule has 2 aromatic rings. The molecule has 10 heteroatoms. The highest BCUT2D eigenvalue weighted by molar-refractivity contribution is 7.89. The lowest BCUT2D eigenvalue weighted by Gasteiger charge is -2.08. The summed E-state index contributed by atoms with van der Waals surface area (Å²) in [5.41, 5.74) is 0.492. The minimum Gasteiger partial charge on any atom is -0.465 e. The second-order valence-corrected chi connectivity index (χ2v) is 6.83. The third kappa shape index (κ3) is 3.12. The van der Waals surface area contributed by atoms with Gasteiger partial charge < -0.3 is 9.30 Å². The zero-order valence-corrected chi connectivity index (χ0v) is 13.3. The van der Waals surface area contributed by atoms with Crippen molar-refractivity contribution in [2.24, 2.45) is 7.05 Å². The number of hydrogen-bond acceptors (Lipinski definition) is 7. The number of carbonyl (C=O) groups is 1. The second kappa shape index (κ2) is 5.92. The van der Waals surface area contributed by atoms with E-state index >= 15 is 0 Å². The minimum absolute atomic E-state index is 0.0191. The normalized spacial score (nSPS) is 11.6. The van der Waals surface area contributed by atoms with Gasteiger partial charge in [-0.25, -0.2) is 17.9 Å². The number of aryl methyl sites for hydroxylation is 2. The van der Waals surface area contributed by atoms with Crippen LogP contribution in [0.5, 0.6) is 0 Å². The summed E-state index contributed by atoms with van der Waals surface area (Å²) in [5.74, 6) is -0.210. The van der Waals surface area contributed by atoms with Crippen LogP contribution in [0.4, 0.5) is 0 Å². The van der Waals surface area contributed by atoms with E-state index in [1.165, 1.54) is 13.4 Å². The maximum atomic E-state index is 12.4. The molecule has 0 saturated heterocycles. The summed E-state index contributed by atoms with van der Waals surface area (Å²) in [4.78, 5) is 11.7. The van der Waals surface area contributed by atoms with Crippen molar-refractivity contribution in [3.63, 3.8) is 0 Å². The Morgan fingerprint density at radius 2 is 2.24 bits per heavy atom. The second-order valence-electron chi connectivity index (χ2n) is 4.25. The Bertz CT molecular complexity index is 763. The van der Waals surface area contributed by atoms with Crippen molar-refractivity contribution in [2.45, 2.75) is 18.4 Å². The van der Waals surface area contributed by atoms with Crippen LogP contribution in [0, 0.1) is 6.92 Å². The van der Waals surface area contributed by atoms with E-state index in [9.17, 15) is 13.2 Å². The largest absolute Gasteiger partial charge is 0.465 e. The van der Waals surface area contributed by atoms with Crippen molar-refractivity contribution >= 4 is 27.3 Å². The lowest BCUT2D eigenvalue weighted by molar-refractivity contribution is 0.0602. The highest BCUT2D eigenvalue weighted by atomic mass is 32.2. The van der Waals surface area contributed by atoms with Gasteiger partial charge in [0.15, 0.2) is 0 Å². The molecule has 114 valence electrons. The standard InChI is InChI=1S/C11H14N4O4S2/c1-7-5-20-9(11(16)19-3)10(7)21(17,18)13-4-8-14-12-6-15(8)2/h5-6,13H,4H2,1-3H3. The number of thiophene rings is 1. The first-order valence-corrected chi connectivity index (χ1v) is 8.22. The fraction of sp³-hybridized carbons (Fsp3) is 0.364. The molecule has 8 nitrogen and oxygen atoms in total. The van der Waals surface area contributed by atoms with E-state index in [0.717, 1.165) is 11.3 Å². The van der Waals surface area contributed by atoms with Crippen molar-refractivity contribution in [3.05, 3.63) is 28.0 Å². The van der Waals surface area contributed by atoms with Crippen LogP contribution in [0.2, 0.25) is 0 Å². The SMILES string of the molecule is COC(=O)c1scc(C)c1S(=O)(=O)NCc1nncn1C. The number of rotatable bonds is 5. The fourth-order valence-corrected chi connectivity index (χ4v) is 4.38. The number of ether oxygens (including phenoxy) is 1. The number of carbonyl (C=O) groups excluding carboxylic acids is 1. The molecule has 0 aliphatic carbocycles. The Morgan fingerprint density at radius 1 is 1.52 bits per heavy atom. The lowest BCUT2D eigenvalue weighted by atomic mass is 10.3. The van der Waals surface area contributed by atoms with Crippen LogP contribution >= 0.6 is 11.3 Å². The number of hydrogen-bond donors (Lipinski definition) is 1. The molecule has 0 aliphatic rings. The third-order valence-corrected chi connectivity index (χ3v) is 5.58. The van der Waals surface area contributed by atoms with Crippen LogP contribution < -0.4 is 4.72 Å². The van der Waals surface area contributed by atoms with Crippen LogP contribution in [-0.4, -0.2) is 36.3 Å². The van der Waals surface area contributed by atoms with Gasteiger partial charge in [-0.1, -0.05) is 0 Å². The molecule has 0 aromatic carbocycles. The Kier molecular flexibility index (Phi) is 4.40. The maximum Gasteiger partial charge on any atom is 0.349 e. The van der Waals surface area contributed by atoms with Gasteiger partial charge in [0.1, 0.15) is 21.9 Å². The van der Waals surface area contributed by atoms with Gasteiger partial charge in [0.2, 0.25) is 10.0 Å². The lowest BCUT2D eigenvalue weighted by Crippen LogP contribution is -2.26. The van der Waals surface area contributed by atoms with Gasteiger partial charge in [-0.2, -0.15) is 0 Å². The molecule has 0 bridgehead atoms. The Balaban J connectivity index is 2.30. The van der Waals surface area contributed by atoms with E-state index in [1.54, 1.807) is 23.9 Å². The highest BCUT2D eigenvalue weighted by Crippen LogP contribution is 2.27. The zero-order chi connectivity index (χ0) is 15.6. The average molecular weight is 330 g/mol. The van der Waals surface area contributed by atoms with Crippen LogP contribution in [0.25, 0.3) is 0 Å². The van der Waals surface area contributed by atoms with Gasteiger partial charge >= 0.3 is 5.97 Å². The molecule has 0 atom stereocenters.